The normalized spacial score (nSPS) is 15.1. The number of hydrogen-bond acceptors (Lipinski definition) is 4. The zero-order chi connectivity index (χ0) is 18.8. The van der Waals surface area contributed by atoms with E-state index in [4.69, 9.17) is 27.7 Å². The highest BCUT2D eigenvalue weighted by molar-refractivity contribution is 6.42. The van der Waals surface area contributed by atoms with Gasteiger partial charge >= 0.3 is 0 Å². The van der Waals surface area contributed by atoms with E-state index >= 15 is 0 Å². The van der Waals surface area contributed by atoms with Crippen LogP contribution in [0.3, 0.4) is 0 Å². The van der Waals surface area contributed by atoms with Gasteiger partial charge in [0.05, 0.1) is 10.0 Å². The van der Waals surface area contributed by atoms with Crippen LogP contribution in [0.2, 0.25) is 10.0 Å². The van der Waals surface area contributed by atoms with E-state index in [9.17, 15) is 4.79 Å². The van der Waals surface area contributed by atoms with Crippen molar-refractivity contribution in [3.05, 3.63) is 70.0 Å². The fraction of sp³-hybridized carbons (Fsp3) is 0.250. The van der Waals surface area contributed by atoms with Gasteiger partial charge in [0, 0.05) is 30.1 Å². The summed E-state index contributed by atoms with van der Waals surface area (Å²) in [5.74, 6) is 1.35. The Balaban J connectivity index is 1.41. The molecule has 4 rings (SSSR count). The number of amides is 1. The minimum Gasteiger partial charge on any atom is -0.339 e. The van der Waals surface area contributed by atoms with Crippen molar-refractivity contribution in [1.82, 2.24) is 15.0 Å². The molecule has 2 heterocycles. The van der Waals surface area contributed by atoms with E-state index in [1.54, 1.807) is 18.2 Å². The molecule has 0 aliphatic carbocycles. The van der Waals surface area contributed by atoms with Gasteiger partial charge in [0.2, 0.25) is 11.7 Å². The van der Waals surface area contributed by atoms with E-state index in [1.807, 2.05) is 35.2 Å². The average Bonchev–Trinajstić information content (AvgIpc) is 3.21. The zero-order valence-corrected chi connectivity index (χ0v) is 16.0. The maximum Gasteiger partial charge on any atom is 0.253 e. The van der Waals surface area contributed by atoms with E-state index in [-0.39, 0.29) is 11.8 Å². The highest BCUT2D eigenvalue weighted by atomic mass is 35.5. The molecule has 0 atom stereocenters. The monoisotopic (exact) mass is 401 g/mol. The summed E-state index contributed by atoms with van der Waals surface area (Å²) in [5, 5.41) is 4.92. The number of carbonyl (C=O) groups excluding carboxylic acids is 1. The molecule has 1 amide bonds. The van der Waals surface area contributed by atoms with E-state index in [1.165, 1.54) is 0 Å². The smallest absolute Gasteiger partial charge is 0.253 e. The maximum absolute atomic E-state index is 12.7. The molecule has 2 aromatic carbocycles. The summed E-state index contributed by atoms with van der Waals surface area (Å²) in [5.41, 5.74) is 1.48. The second-order valence-corrected chi connectivity index (χ2v) is 7.33. The fourth-order valence-corrected chi connectivity index (χ4v) is 3.54. The summed E-state index contributed by atoms with van der Waals surface area (Å²) >= 11 is 11.9. The number of halogens is 2. The Hall–Kier alpha value is -2.37. The van der Waals surface area contributed by atoms with Crippen molar-refractivity contribution >= 4 is 29.1 Å². The minimum absolute atomic E-state index is 0.0393. The third-order valence-electron chi connectivity index (χ3n) is 4.77. The molecule has 1 saturated heterocycles. The molecule has 7 heteroatoms. The largest absolute Gasteiger partial charge is 0.339 e. The van der Waals surface area contributed by atoms with E-state index in [0.29, 0.717) is 40.4 Å². The number of nitrogens with zero attached hydrogens (tertiary/aromatic N) is 3. The summed E-state index contributed by atoms with van der Waals surface area (Å²) in [7, 11) is 0. The lowest BCUT2D eigenvalue weighted by Crippen LogP contribution is -2.38. The van der Waals surface area contributed by atoms with E-state index in [2.05, 4.69) is 10.1 Å². The lowest BCUT2D eigenvalue weighted by atomic mass is 9.96. The van der Waals surface area contributed by atoms with Gasteiger partial charge < -0.3 is 9.42 Å². The molecule has 0 bridgehead atoms. The van der Waals surface area contributed by atoms with Crippen molar-refractivity contribution in [3.63, 3.8) is 0 Å². The first kappa shape index (κ1) is 18.0. The Morgan fingerprint density at radius 1 is 1.04 bits per heavy atom. The van der Waals surface area contributed by atoms with Crippen LogP contribution >= 0.6 is 23.2 Å². The first-order valence-electron chi connectivity index (χ1n) is 8.75. The zero-order valence-electron chi connectivity index (χ0n) is 14.4. The van der Waals surface area contributed by atoms with Crippen LogP contribution in [0.1, 0.15) is 35.0 Å². The van der Waals surface area contributed by atoms with Crippen LogP contribution in [0.4, 0.5) is 0 Å². The van der Waals surface area contributed by atoms with Crippen LogP contribution in [0.15, 0.2) is 53.1 Å². The SMILES string of the molecule is O=C(c1ccc(Cl)c(Cl)c1)N1CCC(c2nc(-c3ccccc3)no2)CC1. The highest BCUT2D eigenvalue weighted by Crippen LogP contribution is 2.30. The molecular weight excluding hydrogens is 385 g/mol. The second-order valence-electron chi connectivity index (χ2n) is 6.52. The quantitative estimate of drug-likeness (QED) is 0.614. The lowest BCUT2D eigenvalue weighted by molar-refractivity contribution is 0.0704. The van der Waals surface area contributed by atoms with Crippen LogP contribution in [-0.4, -0.2) is 34.0 Å². The molecule has 27 heavy (non-hydrogen) atoms. The molecule has 0 saturated carbocycles. The summed E-state index contributed by atoms with van der Waals surface area (Å²) in [6.45, 7) is 1.26. The molecule has 1 aliphatic rings. The van der Waals surface area contributed by atoms with Crippen LogP contribution < -0.4 is 0 Å². The lowest BCUT2D eigenvalue weighted by Gasteiger charge is -2.30. The number of carbonyl (C=O) groups is 1. The number of benzene rings is 2. The molecule has 0 radical (unpaired) electrons. The molecule has 138 valence electrons. The Kier molecular flexibility index (Phi) is 5.14. The standard InChI is InChI=1S/C20H17Cl2N3O2/c21-16-7-6-15(12-17(16)22)20(26)25-10-8-14(9-11-25)19-23-18(24-27-19)13-4-2-1-3-5-13/h1-7,12,14H,8-11H2. The van der Waals surface area contributed by atoms with Crippen LogP contribution in [0, 0.1) is 0 Å². The molecule has 5 nitrogen and oxygen atoms in total. The van der Waals surface area contributed by atoms with Crippen molar-refractivity contribution in [2.45, 2.75) is 18.8 Å². The summed E-state index contributed by atoms with van der Waals surface area (Å²) in [4.78, 5) is 19.0. The van der Waals surface area contributed by atoms with Crippen LogP contribution in [0.25, 0.3) is 11.4 Å². The van der Waals surface area contributed by atoms with Gasteiger partial charge in [-0.25, -0.2) is 0 Å². The van der Waals surface area contributed by atoms with Crippen LogP contribution in [0.5, 0.6) is 0 Å². The van der Waals surface area contributed by atoms with Gasteiger partial charge in [0.1, 0.15) is 0 Å². The van der Waals surface area contributed by atoms with Crippen molar-refractivity contribution in [1.29, 1.82) is 0 Å². The number of hydrogen-bond donors (Lipinski definition) is 0. The number of rotatable bonds is 3. The van der Waals surface area contributed by atoms with Crippen molar-refractivity contribution in [3.8, 4) is 11.4 Å². The first-order valence-corrected chi connectivity index (χ1v) is 9.51. The number of piperidine rings is 1. The molecule has 0 spiro atoms. The molecule has 0 unspecified atom stereocenters. The average molecular weight is 402 g/mol. The maximum atomic E-state index is 12.7. The predicted octanol–water partition coefficient (Wildman–Crippen LogP) is 5.06. The third kappa shape index (κ3) is 3.84. The topological polar surface area (TPSA) is 59.2 Å². The molecular formula is C20H17Cl2N3O2. The fourth-order valence-electron chi connectivity index (χ4n) is 3.25. The van der Waals surface area contributed by atoms with Gasteiger partial charge in [-0.05, 0) is 31.0 Å². The Bertz CT molecular complexity index is 951. The Morgan fingerprint density at radius 2 is 1.78 bits per heavy atom. The van der Waals surface area contributed by atoms with Gasteiger partial charge in [0.25, 0.3) is 5.91 Å². The van der Waals surface area contributed by atoms with Gasteiger partial charge in [-0.1, -0.05) is 58.7 Å². The van der Waals surface area contributed by atoms with E-state index in [0.717, 1.165) is 18.4 Å². The highest BCUT2D eigenvalue weighted by Gasteiger charge is 2.28. The van der Waals surface area contributed by atoms with Crippen molar-refractivity contribution < 1.29 is 9.32 Å². The van der Waals surface area contributed by atoms with Crippen molar-refractivity contribution in [2.75, 3.05) is 13.1 Å². The van der Waals surface area contributed by atoms with Gasteiger partial charge in [-0.15, -0.1) is 0 Å². The van der Waals surface area contributed by atoms with Crippen LogP contribution in [-0.2, 0) is 0 Å². The number of aromatic nitrogens is 2. The third-order valence-corrected chi connectivity index (χ3v) is 5.51. The van der Waals surface area contributed by atoms with Gasteiger partial charge in [-0.3, -0.25) is 4.79 Å². The molecule has 3 aromatic rings. The summed E-state index contributed by atoms with van der Waals surface area (Å²) in [6, 6.07) is 14.7. The molecule has 1 fully saturated rings. The Labute approximate surface area is 166 Å². The summed E-state index contributed by atoms with van der Waals surface area (Å²) < 4.78 is 5.47. The second kappa shape index (κ2) is 7.71. The van der Waals surface area contributed by atoms with Gasteiger partial charge in [-0.2, -0.15) is 4.98 Å². The molecule has 1 aromatic heterocycles. The Morgan fingerprint density at radius 3 is 2.48 bits per heavy atom. The van der Waals surface area contributed by atoms with E-state index < -0.39 is 0 Å². The van der Waals surface area contributed by atoms with Crippen molar-refractivity contribution in [2.24, 2.45) is 0 Å². The molecule has 1 aliphatic heterocycles. The number of likely N-dealkylation sites (tertiary alicyclic amines) is 1. The predicted molar refractivity (Wildman–Crippen MR) is 104 cm³/mol. The molecule has 0 N–H and O–H groups in total. The summed E-state index contributed by atoms with van der Waals surface area (Å²) in [6.07, 6.45) is 1.56. The first-order chi connectivity index (χ1) is 13.1. The van der Waals surface area contributed by atoms with Gasteiger partial charge in [0.15, 0.2) is 0 Å². The minimum atomic E-state index is -0.0393.